The van der Waals surface area contributed by atoms with Gasteiger partial charge in [0.1, 0.15) is 5.82 Å². The first-order valence-corrected chi connectivity index (χ1v) is 3.50. The van der Waals surface area contributed by atoms with Gasteiger partial charge in [-0.1, -0.05) is 0 Å². The van der Waals surface area contributed by atoms with Crippen molar-refractivity contribution in [2.45, 2.75) is 6.92 Å². The lowest BCUT2D eigenvalue weighted by molar-refractivity contribution is 0.745. The molecule has 1 aromatic rings. The van der Waals surface area contributed by atoms with E-state index >= 15 is 0 Å². The predicted molar refractivity (Wildman–Crippen MR) is 46.7 cm³/mol. The standard InChI is InChI=1S/C7H14N4/c1-5-6(8)7(10(2)3)11(4)9-5/h8H2,1-4H3. The molecule has 62 valence electrons. The lowest BCUT2D eigenvalue weighted by atomic mass is 10.4. The molecule has 0 spiro atoms. The van der Waals surface area contributed by atoms with E-state index in [2.05, 4.69) is 5.10 Å². The van der Waals surface area contributed by atoms with Gasteiger partial charge in [-0.2, -0.15) is 5.10 Å². The highest BCUT2D eigenvalue weighted by Gasteiger charge is 2.10. The van der Waals surface area contributed by atoms with Crippen LogP contribution in [0.5, 0.6) is 0 Å². The minimum Gasteiger partial charge on any atom is -0.394 e. The number of hydrogen-bond donors (Lipinski definition) is 1. The number of nitrogens with two attached hydrogens (primary N) is 1. The molecule has 0 unspecified atom stereocenters. The molecule has 0 fully saturated rings. The second-order valence-corrected chi connectivity index (χ2v) is 2.84. The molecule has 0 bridgehead atoms. The van der Waals surface area contributed by atoms with Crippen LogP contribution in [-0.2, 0) is 7.05 Å². The fourth-order valence-electron chi connectivity index (χ4n) is 1.19. The summed E-state index contributed by atoms with van der Waals surface area (Å²) in [5, 5.41) is 4.18. The number of nitrogen functional groups attached to an aromatic ring is 1. The van der Waals surface area contributed by atoms with E-state index in [1.807, 2.05) is 33.0 Å². The summed E-state index contributed by atoms with van der Waals surface area (Å²) in [7, 11) is 5.79. The lowest BCUT2D eigenvalue weighted by Gasteiger charge is -2.12. The molecule has 0 aromatic carbocycles. The molecule has 4 heteroatoms. The molecule has 0 aliphatic rings. The summed E-state index contributed by atoms with van der Waals surface area (Å²) >= 11 is 0. The third-order valence-corrected chi connectivity index (χ3v) is 1.66. The Morgan fingerprint density at radius 1 is 1.45 bits per heavy atom. The highest BCUT2D eigenvalue weighted by atomic mass is 15.4. The van der Waals surface area contributed by atoms with Gasteiger partial charge in [-0.25, -0.2) is 0 Å². The first-order valence-electron chi connectivity index (χ1n) is 3.50. The fraction of sp³-hybridized carbons (Fsp3) is 0.571. The molecule has 4 nitrogen and oxygen atoms in total. The maximum Gasteiger partial charge on any atom is 0.149 e. The van der Waals surface area contributed by atoms with Crippen LogP contribution in [0, 0.1) is 6.92 Å². The van der Waals surface area contributed by atoms with Crippen LogP contribution in [0.15, 0.2) is 0 Å². The van der Waals surface area contributed by atoms with E-state index in [9.17, 15) is 0 Å². The zero-order chi connectivity index (χ0) is 8.59. The molecule has 0 saturated heterocycles. The van der Waals surface area contributed by atoms with Crippen molar-refractivity contribution in [3.05, 3.63) is 5.69 Å². The summed E-state index contributed by atoms with van der Waals surface area (Å²) in [6.07, 6.45) is 0. The average Bonchev–Trinajstić information content (AvgIpc) is 2.07. The topological polar surface area (TPSA) is 47.1 Å². The van der Waals surface area contributed by atoms with Crippen LogP contribution >= 0.6 is 0 Å². The third-order valence-electron chi connectivity index (χ3n) is 1.66. The van der Waals surface area contributed by atoms with Crippen LogP contribution in [0.2, 0.25) is 0 Å². The van der Waals surface area contributed by atoms with Crippen LogP contribution in [0.3, 0.4) is 0 Å². The number of aromatic nitrogens is 2. The fourth-order valence-corrected chi connectivity index (χ4v) is 1.19. The SMILES string of the molecule is Cc1nn(C)c(N(C)C)c1N. The van der Waals surface area contributed by atoms with Crippen LogP contribution in [-0.4, -0.2) is 23.9 Å². The van der Waals surface area contributed by atoms with Gasteiger partial charge in [-0.05, 0) is 6.92 Å². The molecular formula is C7H14N4. The molecule has 1 aromatic heterocycles. The van der Waals surface area contributed by atoms with Crippen molar-refractivity contribution >= 4 is 11.5 Å². The Labute approximate surface area is 66.6 Å². The maximum absolute atomic E-state index is 5.78. The van der Waals surface area contributed by atoms with Gasteiger partial charge in [0, 0.05) is 21.1 Å². The lowest BCUT2D eigenvalue weighted by Crippen LogP contribution is -2.14. The summed E-state index contributed by atoms with van der Waals surface area (Å²) in [4.78, 5) is 1.95. The van der Waals surface area contributed by atoms with E-state index in [1.54, 1.807) is 4.68 Å². The highest BCUT2D eigenvalue weighted by molar-refractivity contribution is 5.65. The Kier molecular flexibility index (Phi) is 1.76. The van der Waals surface area contributed by atoms with Crippen LogP contribution < -0.4 is 10.6 Å². The molecule has 1 rings (SSSR count). The van der Waals surface area contributed by atoms with Crippen LogP contribution in [0.25, 0.3) is 0 Å². The largest absolute Gasteiger partial charge is 0.394 e. The van der Waals surface area contributed by atoms with E-state index < -0.39 is 0 Å². The molecule has 0 amide bonds. The van der Waals surface area contributed by atoms with Gasteiger partial charge in [0.2, 0.25) is 0 Å². The maximum atomic E-state index is 5.78. The minimum atomic E-state index is 0.762. The molecular weight excluding hydrogens is 140 g/mol. The Morgan fingerprint density at radius 3 is 2.18 bits per heavy atom. The van der Waals surface area contributed by atoms with Gasteiger partial charge in [0.05, 0.1) is 11.4 Å². The van der Waals surface area contributed by atoms with Gasteiger partial charge in [0.25, 0.3) is 0 Å². The van der Waals surface area contributed by atoms with Gasteiger partial charge >= 0.3 is 0 Å². The van der Waals surface area contributed by atoms with Crippen molar-refractivity contribution in [2.75, 3.05) is 24.7 Å². The number of nitrogens with zero attached hydrogens (tertiary/aromatic N) is 3. The molecule has 0 radical (unpaired) electrons. The van der Waals surface area contributed by atoms with Crippen LogP contribution in [0.4, 0.5) is 11.5 Å². The van der Waals surface area contributed by atoms with Crippen molar-refractivity contribution in [2.24, 2.45) is 7.05 Å². The Morgan fingerprint density at radius 2 is 2.00 bits per heavy atom. The molecule has 1 heterocycles. The van der Waals surface area contributed by atoms with Crippen molar-refractivity contribution in [3.63, 3.8) is 0 Å². The van der Waals surface area contributed by atoms with E-state index in [0.29, 0.717) is 0 Å². The van der Waals surface area contributed by atoms with E-state index in [0.717, 1.165) is 17.2 Å². The molecule has 0 atom stereocenters. The Bertz CT molecular complexity index is 262. The zero-order valence-corrected chi connectivity index (χ0v) is 7.42. The quantitative estimate of drug-likeness (QED) is 0.636. The Hall–Kier alpha value is -1.19. The van der Waals surface area contributed by atoms with E-state index in [4.69, 9.17) is 5.73 Å². The highest BCUT2D eigenvalue weighted by Crippen LogP contribution is 2.22. The number of aryl methyl sites for hydroxylation is 2. The summed E-state index contributed by atoms with van der Waals surface area (Å²) in [6.45, 7) is 1.91. The van der Waals surface area contributed by atoms with Crippen LogP contribution in [0.1, 0.15) is 5.69 Å². The van der Waals surface area contributed by atoms with Gasteiger partial charge in [0.15, 0.2) is 0 Å². The number of anilines is 2. The summed E-state index contributed by atoms with van der Waals surface area (Å²) in [6, 6.07) is 0. The van der Waals surface area contributed by atoms with Gasteiger partial charge in [-0.3, -0.25) is 4.68 Å². The molecule has 11 heavy (non-hydrogen) atoms. The minimum absolute atomic E-state index is 0.762. The normalized spacial score (nSPS) is 10.2. The predicted octanol–water partition coefficient (Wildman–Crippen LogP) is 0.377. The number of hydrogen-bond acceptors (Lipinski definition) is 3. The van der Waals surface area contributed by atoms with E-state index in [1.165, 1.54) is 0 Å². The van der Waals surface area contributed by atoms with Crippen molar-refractivity contribution in [1.29, 1.82) is 0 Å². The summed E-state index contributed by atoms with van der Waals surface area (Å²) in [5.41, 5.74) is 7.43. The van der Waals surface area contributed by atoms with Crippen molar-refractivity contribution < 1.29 is 0 Å². The first kappa shape index (κ1) is 7.91. The molecule has 0 saturated carbocycles. The smallest absolute Gasteiger partial charge is 0.149 e. The monoisotopic (exact) mass is 154 g/mol. The Balaban J connectivity index is 3.22. The molecule has 2 N–H and O–H groups in total. The third kappa shape index (κ3) is 1.15. The van der Waals surface area contributed by atoms with Crippen molar-refractivity contribution in [1.82, 2.24) is 9.78 Å². The van der Waals surface area contributed by atoms with Gasteiger partial charge < -0.3 is 10.6 Å². The van der Waals surface area contributed by atoms with Gasteiger partial charge in [-0.15, -0.1) is 0 Å². The number of rotatable bonds is 1. The second-order valence-electron chi connectivity index (χ2n) is 2.84. The van der Waals surface area contributed by atoms with Crippen molar-refractivity contribution in [3.8, 4) is 0 Å². The molecule has 0 aliphatic heterocycles. The zero-order valence-electron chi connectivity index (χ0n) is 7.42. The average molecular weight is 154 g/mol. The summed E-state index contributed by atoms with van der Waals surface area (Å²) < 4.78 is 1.78. The first-order chi connectivity index (χ1) is 5.04. The summed E-state index contributed by atoms with van der Waals surface area (Å²) in [5.74, 6) is 0.961. The second kappa shape index (κ2) is 2.45. The van der Waals surface area contributed by atoms with E-state index in [-0.39, 0.29) is 0 Å². The molecule has 0 aliphatic carbocycles.